The molecule has 0 aliphatic carbocycles. The van der Waals surface area contributed by atoms with E-state index in [2.05, 4.69) is 20.3 Å². The molecule has 0 aliphatic rings. The van der Waals surface area contributed by atoms with Crippen LogP contribution in [0.15, 0.2) is 65.9 Å². The first kappa shape index (κ1) is 25.1. The molecule has 35 heavy (non-hydrogen) atoms. The van der Waals surface area contributed by atoms with Crippen LogP contribution in [0.3, 0.4) is 0 Å². The molecule has 2 aromatic carbocycles. The average molecular weight is 482 g/mol. The van der Waals surface area contributed by atoms with Gasteiger partial charge in [-0.1, -0.05) is 24.3 Å². The van der Waals surface area contributed by atoms with Crippen molar-refractivity contribution in [2.75, 3.05) is 0 Å². The van der Waals surface area contributed by atoms with Gasteiger partial charge < -0.3 is 15.2 Å². The number of nitrogens with zero attached hydrogens (tertiary/aromatic N) is 3. The molecule has 180 valence electrons. The first-order valence-electron chi connectivity index (χ1n) is 10.5. The number of ether oxygens (including phenoxy) is 1. The number of halogens is 2. The van der Waals surface area contributed by atoms with Gasteiger partial charge in [0.15, 0.2) is 22.2 Å². The van der Waals surface area contributed by atoms with Gasteiger partial charge >= 0.3 is 5.97 Å². The number of hydrogen-bond acceptors (Lipinski definition) is 7. The second-order valence-corrected chi connectivity index (χ2v) is 7.65. The van der Waals surface area contributed by atoms with Crippen molar-refractivity contribution < 1.29 is 28.2 Å². The van der Waals surface area contributed by atoms with Crippen LogP contribution in [0, 0.1) is 17.2 Å². The lowest BCUT2D eigenvalue weighted by atomic mass is 9.87. The second kappa shape index (κ2) is 11.1. The van der Waals surface area contributed by atoms with E-state index in [9.17, 15) is 23.5 Å². The maximum Gasteiger partial charge on any atom is 0.328 e. The molecule has 3 N–H and O–H groups in total. The highest BCUT2D eigenvalue weighted by atomic mass is 19.1. The van der Waals surface area contributed by atoms with Crippen molar-refractivity contribution in [2.24, 2.45) is 5.11 Å². The maximum atomic E-state index is 13.5. The molecule has 0 saturated carbocycles. The SMILES string of the molecule is CC(OC(=O)[C@H](C)NC(=O)c1nccc(N=[N+]=N)c1O)C(c1ccc(F)cc1)c1ccc(F)cc1. The third-order valence-corrected chi connectivity index (χ3v) is 5.21. The Morgan fingerprint density at radius 3 is 2.09 bits per heavy atom. The van der Waals surface area contributed by atoms with Gasteiger partial charge in [-0.05, 0) is 55.3 Å². The Labute approximate surface area is 199 Å². The predicted octanol–water partition coefficient (Wildman–Crippen LogP) is 4.13. The van der Waals surface area contributed by atoms with Gasteiger partial charge in [0.2, 0.25) is 4.91 Å². The first-order valence-corrected chi connectivity index (χ1v) is 10.5. The van der Waals surface area contributed by atoms with Crippen molar-refractivity contribution in [3.8, 4) is 5.75 Å². The molecule has 1 amide bonds. The van der Waals surface area contributed by atoms with Crippen LogP contribution in [0.5, 0.6) is 5.75 Å². The number of pyridine rings is 1. The number of carbonyl (C=O) groups is 2. The van der Waals surface area contributed by atoms with Crippen LogP contribution < -0.4 is 10.2 Å². The third-order valence-electron chi connectivity index (χ3n) is 5.21. The Balaban J connectivity index is 1.77. The summed E-state index contributed by atoms with van der Waals surface area (Å²) in [4.78, 5) is 31.9. The molecule has 2 atom stereocenters. The molecule has 3 aromatic rings. The number of aromatic hydroxyl groups is 1. The van der Waals surface area contributed by atoms with E-state index >= 15 is 0 Å². The van der Waals surface area contributed by atoms with Crippen molar-refractivity contribution >= 4 is 17.6 Å². The zero-order valence-electron chi connectivity index (χ0n) is 18.8. The van der Waals surface area contributed by atoms with Gasteiger partial charge in [-0.15, -0.1) is 0 Å². The summed E-state index contributed by atoms with van der Waals surface area (Å²) in [5.41, 5.74) is 7.50. The van der Waals surface area contributed by atoms with E-state index in [1.807, 2.05) is 0 Å². The van der Waals surface area contributed by atoms with Crippen molar-refractivity contribution in [2.45, 2.75) is 31.9 Å². The Kier molecular flexibility index (Phi) is 7.96. The maximum absolute atomic E-state index is 13.5. The smallest absolute Gasteiger partial charge is 0.328 e. The number of rotatable bonds is 8. The van der Waals surface area contributed by atoms with Crippen LogP contribution in [-0.2, 0) is 9.53 Å². The van der Waals surface area contributed by atoms with Gasteiger partial charge in [-0.2, -0.15) is 0 Å². The largest absolute Gasteiger partial charge is 0.504 e. The second-order valence-electron chi connectivity index (χ2n) is 7.65. The zero-order valence-corrected chi connectivity index (χ0v) is 18.8. The molecule has 11 heteroatoms. The first-order chi connectivity index (χ1) is 16.7. The van der Waals surface area contributed by atoms with Gasteiger partial charge in [0.05, 0.1) is 0 Å². The van der Waals surface area contributed by atoms with Crippen molar-refractivity contribution in [3.63, 3.8) is 0 Å². The lowest BCUT2D eigenvalue weighted by Gasteiger charge is -2.26. The van der Waals surface area contributed by atoms with Gasteiger partial charge in [0.1, 0.15) is 29.3 Å². The van der Waals surface area contributed by atoms with Crippen molar-refractivity contribution in [1.82, 2.24) is 15.2 Å². The standard InChI is InChI=1S/C24H21F2N5O4/c1-13(29-23(33)21-22(32)19(30-31-27)11-12-28-21)24(34)35-14(2)20(15-3-7-17(25)8-4-15)16-5-9-18(26)10-6-16/h3-14,20,27H,1-2H3,(H,29,33)/p+1/t13-,14?/m0/s1. The molecule has 3 rings (SSSR count). The molecule has 0 saturated heterocycles. The predicted molar refractivity (Wildman–Crippen MR) is 120 cm³/mol. The number of hydrogen-bond donors (Lipinski definition) is 3. The van der Waals surface area contributed by atoms with Gasteiger partial charge in [0, 0.05) is 12.1 Å². The van der Waals surface area contributed by atoms with E-state index in [0.717, 1.165) is 0 Å². The topological polar surface area (TPSA) is 139 Å². The highest BCUT2D eigenvalue weighted by Crippen LogP contribution is 2.31. The Morgan fingerprint density at radius 1 is 1.03 bits per heavy atom. The summed E-state index contributed by atoms with van der Waals surface area (Å²) < 4.78 is 32.5. The lowest BCUT2D eigenvalue weighted by molar-refractivity contribution is -0.150. The summed E-state index contributed by atoms with van der Waals surface area (Å²) in [6.45, 7) is 3.02. The van der Waals surface area contributed by atoms with E-state index in [0.29, 0.717) is 11.1 Å². The van der Waals surface area contributed by atoms with Gasteiger partial charge in [-0.3, -0.25) is 4.79 Å². The fraction of sp³-hybridized carbons (Fsp3) is 0.208. The number of carbonyl (C=O) groups excluding carboxylic acids is 2. The van der Waals surface area contributed by atoms with Crippen LogP contribution in [-0.4, -0.2) is 34.1 Å². The van der Waals surface area contributed by atoms with E-state index in [4.69, 9.17) is 10.3 Å². The molecule has 9 nitrogen and oxygen atoms in total. The normalized spacial score (nSPS) is 12.4. The van der Waals surface area contributed by atoms with Crippen LogP contribution in [0.4, 0.5) is 14.5 Å². The number of nitrogens with one attached hydrogen (secondary N) is 2. The van der Waals surface area contributed by atoms with E-state index in [1.165, 1.54) is 43.5 Å². The summed E-state index contributed by atoms with van der Waals surface area (Å²) in [7, 11) is 0. The lowest BCUT2D eigenvalue weighted by Crippen LogP contribution is -2.41. The Bertz CT molecular complexity index is 1220. The number of amides is 1. The molecular weight excluding hydrogens is 460 g/mol. The van der Waals surface area contributed by atoms with Crippen LogP contribution in [0.2, 0.25) is 0 Å². The minimum absolute atomic E-state index is 0.134. The minimum Gasteiger partial charge on any atom is -0.504 e. The van der Waals surface area contributed by atoms with E-state index in [-0.39, 0.29) is 5.69 Å². The fourth-order valence-electron chi connectivity index (χ4n) is 3.50. The highest BCUT2D eigenvalue weighted by Gasteiger charge is 2.28. The molecule has 0 bridgehead atoms. The average Bonchev–Trinajstić information content (AvgIpc) is 2.83. The highest BCUT2D eigenvalue weighted by molar-refractivity contribution is 5.98. The molecule has 1 heterocycles. The number of benzene rings is 2. The van der Waals surface area contributed by atoms with E-state index in [1.54, 1.807) is 31.2 Å². The number of aromatic nitrogens is 1. The quantitative estimate of drug-likeness (QED) is 0.252. The molecule has 1 unspecified atom stereocenters. The molecule has 0 fully saturated rings. The Hall–Kier alpha value is -4.50. The molecule has 0 spiro atoms. The summed E-state index contributed by atoms with van der Waals surface area (Å²) in [6.07, 6.45) is 0.421. The van der Waals surface area contributed by atoms with E-state index < -0.39 is 53.0 Å². The molecule has 0 aliphatic heterocycles. The number of esters is 1. The fourth-order valence-corrected chi connectivity index (χ4v) is 3.50. The summed E-state index contributed by atoms with van der Waals surface area (Å²) >= 11 is 0. The van der Waals surface area contributed by atoms with Crippen LogP contribution >= 0.6 is 0 Å². The van der Waals surface area contributed by atoms with Crippen LogP contribution in [0.25, 0.3) is 0 Å². The summed E-state index contributed by atoms with van der Waals surface area (Å²) in [6, 6.07) is 11.4. The minimum atomic E-state index is -1.13. The Morgan fingerprint density at radius 2 is 1.57 bits per heavy atom. The molecule has 0 radical (unpaired) electrons. The third kappa shape index (κ3) is 6.10. The summed E-state index contributed by atoms with van der Waals surface area (Å²) in [5, 5.41) is 15.9. The monoisotopic (exact) mass is 482 g/mol. The van der Waals surface area contributed by atoms with Crippen molar-refractivity contribution in [1.29, 1.82) is 5.53 Å². The molecule has 1 aromatic heterocycles. The summed E-state index contributed by atoms with van der Waals surface area (Å²) in [5.74, 6) is -3.64. The zero-order chi connectivity index (χ0) is 25.5. The van der Waals surface area contributed by atoms with Gasteiger partial charge in [-0.25, -0.2) is 18.6 Å². The van der Waals surface area contributed by atoms with Gasteiger partial charge in [0.25, 0.3) is 5.91 Å². The molecular formula is C24H22F2N5O4+. The van der Waals surface area contributed by atoms with Crippen molar-refractivity contribution in [3.05, 3.63) is 89.2 Å². The van der Waals surface area contributed by atoms with Crippen LogP contribution in [0.1, 0.15) is 41.4 Å².